The molecule has 2 N–H and O–H groups in total. The van der Waals surface area contributed by atoms with Crippen molar-refractivity contribution >= 4 is 40.8 Å². The van der Waals surface area contributed by atoms with Crippen LogP contribution in [0.25, 0.3) is 0 Å². The lowest BCUT2D eigenvalue weighted by Gasteiger charge is -2.16. The smallest absolute Gasteiger partial charge is 0.321 e. The van der Waals surface area contributed by atoms with E-state index in [4.69, 9.17) is 23.2 Å². The normalized spacial score (nSPS) is 13.5. The van der Waals surface area contributed by atoms with Crippen LogP contribution in [0.5, 0.6) is 0 Å². The Labute approximate surface area is 166 Å². The second kappa shape index (κ2) is 8.59. The Hall–Kier alpha value is -2.31. The number of hydrogen-bond acceptors (Lipinski definition) is 2. The SMILES string of the molecule is O=C(NCc1cccc(NC(=O)N2CCCC2)c1)c1cc(F)c(Cl)cc1Cl. The predicted molar refractivity (Wildman–Crippen MR) is 104 cm³/mol. The summed E-state index contributed by atoms with van der Waals surface area (Å²) in [7, 11) is 0. The van der Waals surface area contributed by atoms with Crippen LogP contribution in [0.2, 0.25) is 10.0 Å². The highest BCUT2D eigenvalue weighted by Crippen LogP contribution is 2.24. The van der Waals surface area contributed by atoms with Crippen LogP contribution in [0.4, 0.5) is 14.9 Å². The first kappa shape index (κ1) is 19.5. The van der Waals surface area contributed by atoms with E-state index in [-0.39, 0.29) is 28.2 Å². The van der Waals surface area contributed by atoms with Gasteiger partial charge in [0.05, 0.1) is 15.6 Å². The number of hydrogen-bond donors (Lipinski definition) is 2. The molecule has 1 fully saturated rings. The molecule has 0 aromatic heterocycles. The first-order chi connectivity index (χ1) is 12.9. The lowest BCUT2D eigenvalue weighted by atomic mass is 10.1. The van der Waals surface area contributed by atoms with Crippen molar-refractivity contribution in [3.8, 4) is 0 Å². The van der Waals surface area contributed by atoms with Crippen molar-refractivity contribution in [3.05, 3.63) is 63.4 Å². The number of anilines is 1. The topological polar surface area (TPSA) is 61.4 Å². The minimum absolute atomic E-state index is 0.0112. The van der Waals surface area contributed by atoms with Gasteiger partial charge in [0.15, 0.2) is 0 Å². The maximum atomic E-state index is 13.6. The van der Waals surface area contributed by atoms with E-state index in [1.165, 1.54) is 6.07 Å². The van der Waals surface area contributed by atoms with Gasteiger partial charge >= 0.3 is 6.03 Å². The van der Waals surface area contributed by atoms with Crippen LogP contribution in [-0.4, -0.2) is 29.9 Å². The number of carbonyl (C=O) groups excluding carboxylic acids is 2. The number of amides is 3. The Kier molecular flexibility index (Phi) is 6.19. The summed E-state index contributed by atoms with van der Waals surface area (Å²) in [6.07, 6.45) is 2.04. The lowest BCUT2D eigenvalue weighted by molar-refractivity contribution is 0.0950. The van der Waals surface area contributed by atoms with Gasteiger partial charge in [-0.25, -0.2) is 9.18 Å². The van der Waals surface area contributed by atoms with Crippen molar-refractivity contribution in [2.45, 2.75) is 19.4 Å². The van der Waals surface area contributed by atoms with Gasteiger partial charge in [-0.3, -0.25) is 4.79 Å². The molecule has 0 aliphatic carbocycles. The van der Waals surface area contributed by atoms with Crippen molar-refractivity contribution in [1.82, 2.24) is 10.2 Å². The van der Waals surface area contributed by atoms with Gasteiger partial charge in [0.25, 0.3) is 5.91 Å². The van der Waals surface area contributed by atoms with Gasteiger partial charge in [-0.1, -0.05) is 35.3 Å². The van der Waals surface area contributed by atoms with Gasteiger partial charge in [0, 0.05) is 25.3 Å². The quantitative estimate of drug-likeness (QED) is 0.719. The molecule has 8 heteroatoms. The summed E-state index contributed by atoms with van der Waals surface area (Å²) in [6, 6.07) is 9.24. The molecular formula is C19H18Cl2FN3O2. The van der Waals surface area contributed by atoms with Crippen molar-refractivity contribution in [1.29, 1.82) is 0 Å². The van der Waals surface area contributed by atoms with Crippen molar-refractivity contribution in [3.63, 3.8) is 0 Å². The fraction of sp³-hybridized carbons (Fsp3) is 0.263. The number of carbonyl (C=O) groups is 2. The average molecular weight is 410 g/mol. The summed E-state index contributed by atoms with van der Waals surface area (Å²) >= 11 is 11.6. The molecule has 3 amide bonds. The van der Waals surface area contributed by atoms with E-state index >= 15 is 0 Å². The van der Waals surface area contributed by atoms with E-state index in [0.717, 1.165) is 37.6 Å². The minimum Gasteiger partial charge on any atom is -0.348 e. The fourth-order valence-electron chi connectivity index (χ4n) is 2.86. The van der Waals surface area contributed by atoms with Crippen molar-refractivity contribution in [2.24, 2.45) is 0 Å². The molecule has 1 aliphatic rings. The fourth-order valence-corrected chi connectivity index (χ4v) is 3.32. The molecule has 3 rings (SSSR count). The average Bonchev–Trinajstić information content (AvgIpc) is 3.18. The first-order valence-corrected chi connectivity index (χ1v) is 9.27. The van der Waals surface area contributed by atoms with E-state index in [1.807, 2.05) is 6.07 Å². The Balaban J connectivity index is 1.62. The Morgan fingerprint density at radius 3 is 2.56 bits per heavy atom. The number of likely N-dealkylation sites (tertiary alicyclic amines) is 1. The van der Waals surface area contributed by atoms with Crippen molar-refractivity contribution in [2.75, 3.05) is 18.4 Å². The first-order valence-electron chi connectivity index (χ1n) is 8.51. The predicted octanol–water partition coefficient (Wildman–Crippen LogP) is 4.69. The summed E-state index contributed by atoms with van der Waals surface area (Å²) in [5.41, 5.74) is 1.44. The maximum absolute atomic E-state index is 13.6. The molecule has 0 atom stereocenters. The minimum atomic E-state index is -0.710. The van der Waals surface area contributed by atoms with Crippen LogP contribution in [0.1, 0.15) is 28.8 Å². The molecule has 27 heavy (non-hydrogen) atoms. The molecule has 0 radical (unpaired) electrons. The molecule has 2 aromatic rings. The van der Waals surface area contributed by atoms with Crippen LogP contribution < -0.4 is 10.6 Å². The third-order valence-corrected chi connectivity index (χ3v) is 4.88. The highest BCUT2D eigenvalue weighted by atomic mass is 35.5. The molecule has 2 aromatic carbocycles. The molecule has 1 aliphatic heterocycles. The second-order valence-corrected chi connectivity index (χ2v) is 7.07. The standard InChI is InChI=1S/C19H18Cl2FN3O2/c20-15-10-16(21)17(22)9-14(15)18(26)23-11-12-4-3-5-13(8-12)24-19(27)25-6-1-2-7-25/h3-5,8-10H,1-2,6-7,11H2,(H,23,26)(H,24,27). The molecule has 0 saturated carbocycles. The van der Waals surface area contributed by atoms with Crippen LogP contribution in [0.3, 0.4) is 0 Å². The molecular weight excluding hydrogens is 392 g/mol. The van der Waals surface area contributed by atoms with E-state index in [9.17, 15) is 14.0 Å². The third-order valence-electron chi connectivity index (χ3n) is 4.28. The Bertz CT molecular complexity index is 870. The summed E-state index contributed by atoms with van der Waals surface area (Å²) in [6.45, 7) is 1.73. The molecule has 1 heterocycles. The molecule has 0 bridgehead atoms. The van der Waals surface area contributed by atoms with Crippen LogP contribution >= 0.6 is 23.2 Å². The summed E-state index contributed by atoms with van der Waals surface area (Å²) in [4.78, 5) is 26.2. The summed E-state index contributed by atoms with van der Waals surface area (Å²) in [5, 5.41) is 5.47. The molecule has 0 unspecified atom stereocenters. The van der Waals surface area contributed by atoms with Gasteiger partial charge in [0.2, 0.25) is 0 Å². The highest BCUT2D eigenvalue weighted by Gasteiger charge is 2.18. The number of nitrogens with one attached hydrogen (secondary N) is 2. The van der Waals surface area contributed by atoms with E-state index < -0.39 is 11.7 Å². The van der Waals surface area contributed by atoms with E-state index in [1.54, 1.807) is 23.1 Å². The van der Waals surface area contributed by atoms with Gasteiger partial charge < -0.3 is 15.5 Å². The van der Waals surface area contributed by atoms with Gasteiger partial charge in [-0.15, -0.1) is 0 Å². The van der Waals surface area contributed by atoms with Crippen LogP contribution in [-0.2, 0) is 6.54 Å². The van der Waals surface area contributed by atoms with E-state index in [0.29, 0.717) is 5.69 Å². The van der Waals surface area contributed by atoms with Gasteiger partial charge in [-0.05, 0) is 42.7 Å². The Morgan fingerprint density at radius 1 is 1.07 bits per heavy atom. The Morgan fingerprint density at radius 2 is 1.81 bits per heavy atom. The third kappa shape index (κ3) is 4.90. The van der Waals surface area contributed by atoms with Crippen LogP contribution in [0.15, 0.2) is 36.4 Å². The van der Waals surface area contributed by atoms with Crippen molar-refractivity contribution < 1.29 is 14.0 Å². The lowest BCUT2D eigenvalue weighted by Crippen LogP contribution is -2.32. The number of benzene rings is 2. The number of nitrogens with zero attached hydrogens (tertiary/aromatic N) is 1. The zero-order valence-electron chi connectivity index (χ0n) is 14.4. The molecule has 0 spiro atoms. The number of urea groups is 1. The number of halogens is 3. The summed E-state index contributed by atoms with van der Waals surface area (Å²) < 4.78 is 13.6. The zero-order valence-corrected chi connectivity index (χ0v) is 15.9. The molecule has 142 valence electrons. The molecule has 1 saturated heterocycles. The maximum Gasteiger partial charge on any atom is 0.321 e. The highest BCUT2D eigenvalue weighted by molar-refractivity contribution is 6.36. The zero-order chi connectivity index (χ0) is 19.4. The van der Waals surface area contributed by atoms with Gasteiger partial charge in [-0.2, -0.15) is 0 Å². The van der Waals surface area contributed by atoms with Crippen LogP contribution in [0, 0.1) is 5.82 Å². The largest absolute Gasteiger partial charge is 0.348 e. The molecule has 5 nitrogen and oxygen atoms in total. The monoisotopic (exact) mass is 409 g/mol. The summed E-state index contributed by atoms with van der Waals surface area (Å²) in [5.74, 6) is -1.22. The number of rotatable bonds is 4. The second-order valence-electron chi connectivity index (χ2n) is 6.25. The van der Waals surface area contributed by atoms with E-state index in [2.05, 4.69) is 10.6 Å². The van der Waals surface area contributed by atoms with Gasteiger partial charge in [0.1, 0.15) is 5.82 Å².